The van der Waals surface area contributed by atoms with Gasteiger partial charge in [0, 0.05) is 16.6 Å². The van der Waals surface area contributed by atoms with E-state index in [0.29, 0.717) is 18.2 Å². The quantitative estimate of drug-likeness (QED) is 0.880. The van der Waals surface area contributed by atoms with E-state index in [2.05, 4.69) is 0 Å². The molecule has 2 N–H and O–H groups in total. The van der Waals surface area contributed by atoms with Crippen LogP contribution in [-0.2, 0) is 10.2 Å². The maximum atomic E-state index is 6.06. The van der Waals surface area contributed by atoms with Crippen molar-refractivity contribution >= 4 is 11.6 Å². The molecule has 1 heterocycles. The molecule has 16 heavy (non-hydrogen) atoms. The highest BCUT2D eigenvalue weighted by molar-refractivity contribution is 6.30. The van der Waals surface area contributed by atoms with E-state index in [9.17, 15) is 0 Å². The maximum Gasteiger partial charge on any atom is 0.122 e. The molecule has 0 aliphatic carbocycles. The second kappa shape index (κ2) is 4.24. The van der Waals surface area contributed by atoms with Crippen LogP contribution in [0.4, 0.5) is 0 Å². The van der Waals surface area contributed by atoms with Gasteiger partial charge in [-0.15, -0.1) is 0 Å². The zero-order chi connectivity index (χ0) is 11.8. The summed E-state index contributed by atoms with van der Waals surface area (Å²) in [6.07, 6.45) is 0. The second-order valence-electron chi connectivity index (χ2n) is 4.28. The number of rotatable bonds is 3. The van der Waals surface area contributed by atoms with Gasteiger partial charge < -0.3 is 15.2 Å². The van der Waals surface area contributed by atoms with Gasteiger partial charge >= 0.3 is 0 Å². The van der Waals surface area contributed by atoms with E-state index >= 15 is 0 Å². The van der Waals surface area contributed by atoms with Crippen molar-refractivity contribution in [3.8, 4) is 5.75 Å². The highest BCUT2D eigenvalue weighted by atomic mass is 35.5. The predicted molar refractivity (Wildman–Crippen MR) is 64.2 cm³/mol. The number of halogens is 1. The van der Waals surface area contributed by atoms with Crippen molar-refractivity contribution in [2.24, 2.45) is 5.73 Å². The number of nitrogens with two attached hydrogens (primary N) is 1. The van der Waals surface area contributed by atoms with E-state index < -0.39 is 0 Å². The van der Waals surface area contributed by atoms with Crippen LogP contribution in [0.15, 0.2) is 18.2 Å². The standard InChI is InChI=1S/C12H16ClNO2/c1-8(14)12(6-16-7-12)10-5-9(13)3-4-11(10)15-2/h3-5,8H,6-7,14H2,1-2H3. The molecule has 1 aromatic carbocycles. The number of hydrogen-bond acceptors (Lipinski definition) is 3. The van der Waals surface area contributed by atoms with E-state index in [-0.39, 0.29) is 11.5 Å². The lowest BCUT2D eigenvalue weighted by Gasteiger charge is -2.45. The Hall–Kier alpha value is -0.770. The highest BCUT2D eigenvalue weighted by Crippen LogP contribution is 2.41. The first kappa shape index (κ1) is 11.7. The molecule has 0 aromatic heterocycles. The topological polar surface area (TPSA) is 44.5 Å². The molecule has 88 valence electrons. The van der Waals surface area contributed by atoms with Gasteiger partial charge in [0.2, 0.25) is 0 Å². The minimum absolute atomic E-state index is 0.00798. The number of hydrogen-bond donors (Lipinski definition) is 1. The summed E-state index contributed by atoms with van der Waals surface area (Å²) < 4.78 is 10.7. The normalized spacial score (nSPS) is 20.0. The largest absolute Gasteiger partial charge is 0.496 e. The van der Waals surface area contributed by atoms with Gasteiger partial charge in [0.05, 0.1) is 25.7 Å². The van der Waals surface area contributed by atoms with E-state index in [1.807, 2.05) is 25.1 Å². The molecule has 1 saturated heterocycles. The third-order valence-corrected chi connectivity index (χ3v) is 3.52. The molecule has 1 fully saturated rings. The van der Waals surface area contributed by atoms with Gasteiger partial charge in [-0.1, -0.05) is 11.6 Å². The van der Waals surface area contributed by atoms with Crippen LogP contribution in [0.1, 0.15) is 12.5 Å². The van der Waals surface area contributed by atoms with Crippen LogP contribution in [0, 0.1) is 0 Å². The Morgan fingerprint density at radius 3 is 2.62 bits per heavy atom. The van der Waals surface area contributed by atoms with Crippen molar-refractivity contribution in [2.45, 2.75) is 18.4 Å². The van der Waals surface area contributed by atoms with Crippen molar-refractivity contribution < 1.29 is 9.47 Å². The molecule has 3 nitrogen and oxygen atoms in total. The Bertz CT molecular complexity index is 389. The van der Waals surface area contributed by atoms with Gasteiger partial charge in [-0.25, -0.2) is 0 Å². The first-order chi connectivity index (χ1) is 7.60. The van der Waals surface area contributed by atoms with Crippen LogP contribution < -0.4 is 10.5 Å². The van der Waals surface area contributed by atoms with Crippen LogP contribution in [0.25, 0.3) is 0 Å². The Morgan fingerprint density at radius 1 is 1.50 bits per heavy atom. The van der Waals surface area contributed by atoms with E-state index in [1.165, 1.54) is 0 Å². The maximum absolute atomic E-state index is 6.06. The number of methoxy groups -OCH3 is 1. The van der Waals surface area contributed by atoms with Gasteiger partial charge in [0.15, 0.2) is 0 Å². The van der Waals surface area contributed by atoms with E-state index in [0.717, 1.165) is 11.3 Å². The molecule has 1 unspecified atom stereocenters. The van der Waals surface area contributed by atoms with E-state index in [4.69, 9.17) is 26.8 Å². The summed E-state index contributed by atoms with van der Waals surface area (Å²) in [6.45, 7) is 3.24. The first-order valence-corrected chi connectivity index (χ1v) is 5.65. The summed E-state index contributed by atoms with van der Waals surface area (Å²) in [5.41, 5.74) is 6.95. The summed E-state index contributed by atoms with van der Waals surface area (Å²) in [5.74, 6) is 0.824. The summed E-state index contributed by atoms with van der Waals surface area (Å²) in [4.78, 5) is 0. The lowest BCUT2D eigenvalue weighted by Crippen LogP contribution is -2.57. The van der Waals surface area contributed by atoms with Crippen molar-refractivity contribution in [1.82, 2.24) is 0 Å². The summed E-state index contributed by atoms with van der Waals surface area (Å²) in [7, 11) is 1.65. The van der Waals surface area contributed by atoms with Crippen LogP contribution in [0.3, 0.4) is 0 Å². The molecule has 4 heteroatoms. The second-order valence-corrected chi connectivity index (χ2v) is 4.72. The molecule has 0 amide bonds. The van der Waals surface area contributed by atoms with E-state index in [1.54, 1.807) is 7.11 Å². The van der Waals surface area contributed by atoms with Crippen LogP contribution in [-0.4, -0.2) is 26.4 Å². The first-order valence-electron chi connectivity index (χ1n) is 5.27. The van der Waals surface area contributed by atoms with Gasteiger partial charge in [-0.2, -0.15) is 0 Å². The lowest BCUT2D eigenvalue weighted by molar-refractivity contribution is -0.0710. The van der Waals surface area contributed by atoms with Crippen LogP contribution in [0.5, 0.6) is 5.75 Å². The van der Waals surface area contributed by atoms with Gasteiger partial charge in [-0.05, 0) is 25.1 Å². The number of benzene rings is 1. The predicted octanol–water partition coefficient (Wildman–Crippen LogP) is 1.96. The van der Waals surface area contributed by atoms with Crippen molar-refractivity contribution in [2.75, 3.05) is 20.3 Å². The smallest absolute Gasteiger partial charge is 0.122 e. The van der Waals surface area contributed by atoms with Crippen molar-refractivity contribution in [1.29, 1.82) is 0 Å². The average Bonchev–Trinajstić information content (AvgIpc) is 2.15. The zero-order valence-corrected chi connectivity index (χ0v) is 10.3. The molecule has 0 spiro atoms. The highest BCUT2D eigenvalue weighted by Gasteiger charge is 2.45. The molecule has 0 radical (unpaired) electrons. The van der Waals surface area contributed by atoms with Gasteiger partial charge in [0.25, 0.3) is 0 Å². The average molecular weight is 242 g/mol. The molecular formula is C12H16ClNO2. The third kappa shape index (κ3) is 1.69. The molecule has 0 saturated carbocycles. The SMILES string of the molecule is COc1ccc(Cl)cc1C1(C(C)N)COC1. The van der Waals surface area contributed by atoms with Crippen molar-refractivity contribution in [3.63, 3.8) is 0 Å². The molecule has 1 atom stereocenters. The minimum atomic E-state index is -0.157. The van der Waals surface area contributed by atoms with Gasteiger partial charge in [0.1, 0.15) is 5.75 Å². The third-order valence-electron chi connectivity index (χ3n) is 3.29. The molecule has 1 aliphatic rings. The molecular weight excluding hydrogens is 226 g/mol. The Kier molecular flexibility index (Phi) is 3.10. The minimum Gasteiger partial charge on any atom is -0.496 e. The fourth-order valence-corrected chi connectivity index (χ4v) is 2.23. The molecule has 1 aliphatic heterocycles. The summed E-state index contributed by atoms with van der Waals surface area (Å²) in [6, 6.07) is 5.62. The number of ether oxygens (including phenoxy) is 2. The summed E-state index contributed by atoms with van der Waals surface area (Å²) in [5, 5.41) is 0.697. The molecule has 1 aromatic rings. The Morgan fingerprint density at radius 2 is 2.19 bits per heavy atom. The fraction of sp³-hybridized carbons (Fsp3) is 0.500. The molecule has 0 bridgehead atoms. The van der Waals surface area contributed by atoms with Crippen molar-refractivity contribution in [3.05, 3.63) is 28.8 Å². The lowest BCUT2D eigenvalue weighted by atomic mass is 9.73. The fourth-order valence-electron chi connectivity index (χ4n) is 2.05. The zero-order valence-electron chi connectivity index (χ0n) is 9.50. The Balaban J connectivity index is 2.48. The summed E-state index contributed by atoms with van der Waals surface area (Å²) >= 11 is 6.03. The monoisotopic (exact) mass is 241 g/mol. The molecule has 2 rings (SSSR count). The van der Waals surface area contributed by atoms with Crippen LogP contribution in [0.2, 0.25) is 5.02 Å². The Labute approximate surface area is 100 Å². The van der Waals surface area contributed by atoms with Crippen LogP contribution >= 0.6 is 11.6 Å². The van der Waals surface area contributed by atoms with Gasteiger partial charge in [-0.3, -0.25) is 0 Å².